The molecule has 34 heavy (non-hydrogen) atoms. The quantitative estimate of drug-likeness (QED) is 0.599. The highest BCUT2D eigenvalue weighted by Gasteiger charge is 2.45. The Bertz CT molecular complexity index is 857. The second-order valence-electron chi connectivity index (χ2n) is 10.0. The number of likely N-dealkylation sites (tertiary alicyclic amines) is 1. The molecule has 0 aromatic heterocycles. The molecule has 188 valence electrons. The number of nitrogens with one attached hydrogen (secondary N) is 2. The van der Waals surface area contributed by atoms with Crippen LogP contribution in [-0.2, 0) is 30.4 Å². The monoisotopic (exact) mass is 475 g/mol. The first-order valence-corrected chi connectivity index (χ1v) is 11.9. The number of hydrogen-bond acceptors (Lipinski definition) is 6. The molecular weight excluding hydrogens is 438 g/mol. The van der Waals surface area contributed by atoms with Gasteiger partial charge in [-0.25, -0.2) is 4.79 Å². The topological polar surface area (TPSA) is 106 Å². The Balaban J connectivity index is 1.37. The normalized spacial score (nSPS) is 23.2. The van der Waals surface area contributed by atoms with Gasteiger partial charge in [-0.2, -0.15) is 0 Å². The Labute approximate surface area is 201 Å². The summed E-state index contributed by atoms with van der Waals surface area (Å²) in [6.07, 6.45) is 0.796. The molecule has 0 saturated carbocycles. The zero-order chi connectivity index (χ0) is 24.8. The third-order valence-corrected chi connectivity index (χ3v) is 6.14. The fraction of sp³-hybridized carbons (Fsp3) is 0.640. The van der Waals surface area contributed by atoms with Crippen LogP contribution in [-0.4, -0.2) is 67.0 Å². The first-order chi connectivity index (χ1) is 16.1. The number of ether oxygens (including phenoxy) is 3. The molecule has 1 unspecified atom stereocenters. The number of benzene rings is 1. The zero-order valence-corrected chi connectivity index (χ0v) is 20.6. The van der Waals surface area contributed by atoms with Crippen LogP contribution in [0.1, 0.15) is 52.5 Å². The van der Waals surface area contributed by atoms with Crippen molar-refractivity contribution in [2.45, 2.75) is 71.5 Å². The average Bonchev–Trinajstić information content (AvgIpc) is 3.27. The van der Waals surface area contributed by atoms with E-state index in [9.17, 15) is 14.4 Å². The first kappa shape index (κ1) is 26.0. The number of hydrogen-bond donors (Lipinski definition) is 2. The summed E-state index contributed by atoms with van der Waals surface area (Å²) in [6.45, 7) is 9.19. The van der Waals surface area contributed by atoms with Gasteiger partial charge in [0, 0.05) is 31.5 Å². The Kier molecular flexibility index (Phi) is 8.54. The van der Waals surface area contributed by atoms with Crippen LogP contribution in [0.3, 0.4) is 0 Å². The average molecular weight is 476 g/mol. The standard InChI is InChI=1S/C25H37N3O6/c1-24(2)17-33-25(3,4)34-21(24)22(30)26-13-12-20(29)27-15-19-11-8-14-28(19)23(31)32-16-18-9-6-5-7-10-18/h5-7,9-10,19,21H,8,11-17H2,1-4H3,(H,26,30)(H,27,29)/t19-,21?/m1/s1. The molecule has 1 aromatic carbocycles. The van der Waals surface area contributed by atoms with E-state index in [4.69, 9.17) is 14.2 Å². The number of amides is 3. The molecule has 0 radical (unpaired) electrons. The van der Waals surface area contributed by atoms with Crippen molar-refractivity contribution in [3.05, 3.63) is 35.9 Å². The van der Waals surface area contributed by atoms with Crippen molar-refractivity contribution < 1.29 is 28.6 Å². The number of nitrogens with zero attached hydrogens (tertiary/aromatic N) is 1. The summed E-state index contributed by atoms with van der Waals surface area (Å²) in [6, 6.07) is 9.43. The molecule has 2 N–H and O–H groups in total. The predicted molar refractivity (Wildman–Crippen MR) is 126 cm³/mol. The molecule has 3 rings (SSSR count). The smallest absolute Gasteiger partial charge is 0.410 e. The maximum Gasteiger partial charge on any atom is 0.410 e. The second kappa shape index (κ2) is 11.2. The van der Waals surface area contributed by atoms with E-state index in [1.807, 2.05) is 44.2 Å². The molecule has 0 spiro atoms. The van der Waals surface area contributed by atoms with E-state index in [1.165, 1.54) is 0 Å². The molecule has 0 bridgehead atoms. The van der Waals surface area contributed by atoms with Crippen molar-refractivity contribution in [1.29, 1.82) is 0 Å². The summed E-state index contributed by atoms with van der Waals surface area (Å²) < 4.78 is 16.9. The van der Waals surface area contributed by atoms with Crippen LogP contribution in [0.25, 0.3) is 0 Å². The molecule has 9 heteroatoms. The molecule has 2 aliphatic rings. The predicted octanol–water partition coefficient (Wildman–Crippen LogP) is 2.59. The van der Waals surface area contributed by atoms with Gasteiger partial charge in [-0.3, -0.25) is 9.59 Å². The minimum Gasteiger partial charge on any atom is -0.445 e. The molecule has 1 aromatic rings. The Morgan fingerprint density at radius 3 is 2.59 bits per heavy atom. The maximum atomic E-state index is 12.7. The zero-order valence-electron chi connectivity index (χ0n) is 20.6. The molecule has 2 atom stereocenters. The second-order valence-corrected chi connectivity index (χ2v) is 10.0. The van der Waals surface area contributed by atoms with Crippen molar-refractivity contribution in [1.82, 2.24) is 15.5 Å². The first-order valence-electron chi connectivity index (χ1n) is 11.9. The van der Waals surface area contributed by atoms with Gasteiger partial charge in [0.1, 0.15) is 12.7 Å². The highest BCUT2D eigenvalue weighted by Crippen LogP contribution is 2.34. The van der Waals surface area contributed by atoms with Gasteiger partial charge in [0.25, 0.3) is 0 Å². The summed E-state index contributed by atoms with van der Waals surface area (Å²) >= 11 is 0. The molecule has 3 amide bonds. The Morgan fingerprint density at radius 2 is 1.85 bits per heavy atom. The van der Waals surface area contributed by atoms with Gasteiger partial charge in [-0.15, -0.1) is 0 Å². The number of rotatable bonds is 8. The van der Waals surface area contributed by atoms with Gasteiger partial charge in [-0.05, 0) is 32.3 Å². The van der Waals surface area contributed by atoms with E-state index in [0.717, 1.165) is 18.4 Å². The summed E-state index contributed by atoms with van der Waals surface area (Å²) in [5, 5.41) is 5.67. The van der Waals surface area contributed by atoms with E-state index >= 15 is 0 Å². The van der Waals surface area contributed by atoms with Gasteiger partial charge in [-0.1, -0.05) is 44.2 Å². The van der Waals surface area contributed by atoms with Crippen molar-refractivity contribution in [2.75, 3.05) is 26.2 Å². The molecule has 9 nitrogen and oxygen atoms in total. The molecular formula is C25H37N3O6. The molecule has 2 aliphatic heterocycles. The van der Waals surface area contributed by atoms with Gasteiger partial charge >= 0.3 is 6.09 Å². The summed E-state index contributed by atoms with van der Waals surface area (Å²) in [5.74, 6) is -1.26. The molecule has 2 saturated heterocycles. The third kappa shape index (κ3) is 7.17. The number of carbonyl (C=O) groups excluding carboxylic acids is 3. The lowest BCUT2D eigenvalue weighted by molar-refractivity contribution is -0.304. The van der Waals surface area contributed by atoms with Crippen molar-refractivity contribution >= 4 is 17.9 Å². The minimum absolute atomic E-state index is 0.0968. The van der Waals surface area contributed by atoms with Crippen molar-refractivity contribution in [3.63, 3.8) is 0 Å². The lowest BCUT2D eigenvalue weighted by Crippen LogP contribution is -2.56. The molecule has 2 fully saturated rings. The van der Waals surface area contributed by atoms with E-state index in [1.54, 1.807) is 18.7 Å². The lowest BCUT2D eigenvalue weighted by Gasteiger charge is -2.44. The Morgan fingerprint density at radius 1 is 1.12 bits per heavy atom. The van der Waals surface area contributed by atoms with Crippen LogP contribution in [0.2, 0.25) is 0 Å². The minimum atomic E-state index is -0.829. The van der Waals surface area contributed by atoms with E-state index in [0.29, 0.717) is 19.7 Å². The molecule has 2 heterocycles. The van der Waals surface area contributed by atoms with Crippen LogP contribution in [0.4, 0.5) is 4.79 Å². The van der Waals surface area contributed by atoms with Gasteiger partial charge < -0.3 is 29.7 Å². The highest BCUT2D eigenvalue weighted by molar-refractivity contribution is 5.83. The molecule has 0 aliphatic carbocycles. The van der Waals surface area contributed by atoms with Crippen LogP contribution >= 0.6 is 0 Å². The summed E-state index contributed by atoms with van der Waals surface area (Å²) in [7, 11) is 0. The fourth-order valence-electron chi connectivity index (χ4n) is 4.12. The van der Waals surface area contributed by atoms with Crippen LogP contribution in [0.15, 0.2) is 30.3 Å². The van der Waals surface area contributed by atoms with Crippen LogP contribution in [0.5, 0.6) is 0 Å². The van der Waals surface area contributed by atoms with Crippen molar-refractivity contribution in [3.8, 4) is 0 Å². The van der Waals surface area contributed by atoms with Gasteiger partial charge in [0.2, 0.25) is 11.8 Å². The van der Waals surface area contributed by atoms with E-state index in [-0.39, 0.29) is 43.5 Å². The van der Waals surface area contributed by atoms with Gasteiger partial charge in [0.05, 0.1) is 12.6 Å². The SMILES string of the molecule is CC1(C)OCC(C)(C)C(C(=O)NCCC(=O)NC[C@H]2CCCN2C(=O)OCc2ccccc2)O1. The van der Waals surface area contributed by atoms with Crippen LogP contribution in [0, 0.1) is 5.41 Å². The Hall–Kier alpha value is -2.65. The van der Waals surface area contributed by atoms with Crippen LogP contribution < -0.4 is 10.6 Å². The highest BCUT2D eigenvalue weighted by atomic mass is 16.7. The van der Waals surface area contributed by atoms with E-state index < -0.39 is 17.3 Å². The number of carbonyl (C=O) groups is 3. The maximum absolute atomic E-state index is 12.7. The third-order valence-electron chi connectivity index (χ3n) is 6.14. The fourth-order valence-corrected chi connectivity index (χ4v) is 4.12. The van der Waals surface area contributed by atoms with Crippen molar-refractivity contribution in [2.24, 2.45) is 5.41 Å². The largest absolute Gasteiger partial charge is 0.445 e. The van der Waals surface area contributed by atoms with Gasteiger partial charge in [0.15, 0.2) is 5.79 Å². The lowest BCUT2D eigenvalue weighted by atomic mass is 9.85. The van der Waals surface area contributed by atoms with E-state index in [2.05, 4.69) is 10.6 Å². The summed E-state index contributed by atoms with van der Waals surface area (Å²) in [4.78, 5) is 39.1. The summed E-state index contributed by atoms with van der Waals surface area (Å²) in [5.41, 5.74) is 0.461.